The number of thiazole rings is 1. The minimum Gasteiger partial charge on any atom is -0.481 e. The third kappa shape index (κ3) is 2.74. The van der Waals surface area contributed by atoms with Crippen LogP contribution in [0.25, 0.3) is 0 Å². The van der Waals surface area contributed by atoms with Crippen LogP contribution in [0.15, 0.2) is 6.20 Å². The number of aromatic nitrogens is 1. The number of rotatable bonds is 3. The van der Waals surface area contributed by atoms with Crippen molar-refractivity contribution in [3.8, 4) is 0 Å². The second-order valence-corrected chi connectivity index (χ2v) is 7.59. The third-order valence-electron chi connectivity index (χ3n) is 4.20. The number of hydrogen-bond donors (Lipinski definition) is 1. The van der Waals surface area contributed by atoms with Gasteiger partial charge in [-0.05, 0) is 44.4 Å². The van der Waals surface area contributed by atoms with Crippen LogP contribution in [0.2, 0.25) is 0 Å². The van der Waals surface area contributed by atoms with E-state index in [9.17, 15) is 9.90 Å². The van der Waals surface area contributed by atoms with Gasteiger partial charge >= 0.3 is 5.97 Å². The molecule has 0 amide bonds. The maximum atomic E-state index is 11.7. The highest BCUT2D eigenvalue weighted by atomic mass is 32.1. The fourth-order valence-corrected chi connectivity index (χ4v) is 3.63. The molecule has 1 saturated carbocycles. The van der Waals surface area contributed by atoms with Gasteiger partial charge in [0.2, 0.25) is 0 Å². The Morgan fingerprint density at radius 3 is 2.44 bits per heavy atom. The van der Waals surface area contributed by atoms with Gasteiger partial charge in [0.1, 0.15) is 0 Å². The summed E-state index contributed by atoms with van der Waals surface area (Å²) in [5.74, 6) is -0.635. The van der Waals surface area contributed by atoms with E-state index >= 15 is 0 Å². The molecule has 18 heavy (non-hydrogen) atoms. The van der Waals surface area contributed by atoms with Crippen LogP contribution in [0.4, 0.5) is 0 Å². The second kappa shape index (κ2) is 4.65. The Morgan fingerprint density at radius 1 is 1.39 bits per heavy atom. The number of aliphatic carboxylic acids is 1. The molecule has 1 aliphatic carbocycles. The van der Waals surface area contributed by atoms with Crippen LogP contribution in [0.3, 0.4) is 0 Å². The summed E-state index contributed by atoms with van der Waals surface area (Å²) >= 11 is 1.62. The van der Waals surface area contributed by atoms with Crippen LogP contribution in [-0.4, -0.2) is 16.1 Å². The summed E-state index contributed by atoms with van der Waals surface area (Å²) in [5, 5.41) is 10.6. The molecule has 0 bridgehead atoms. The molecule has 1 aromatic heterocycles. The average molecular weight is 267 g/mol. The smallest absolute Gasteiger partial charge is 0.309 e. The predicted molar refractivity (Wildman–Crippen MR) is 72.9 cm³/mol. The van der Waals surface area contributed by atoms with Crippen molar-refractivity contribution in [1.29, 1.82) is 0 Å². The highest BCUT2D eigenvalue weighted by Gasteiger charge is 2.44. The van der Waals surface area contributed by atoms with Gasteiger partial charge in [-0.2, -0.15) is 0 Å². The number of carboxylic acid groups (broad SMARTS) is 1. The van der Waals surface area contributed by atoms with Crippen molar-refractivity contribution in [3.63, 3.8) is 0 Å². The van der Waals surface area contributed by atoms with Gasteiger partial charge in [-0.3, -0.25) is 4.79 Å². The Morgan fingerprint density at radius 2 is 2.00 bits per heavy atom. The fourth-order valence-electron chi connectivity index (χ4n) is 2.69. The molecule has 4 heteroatoms. The van der Waals surface area contributed by atoms with Crippen LogP contribution in [0.1, 0.15) is 49.4 Å². The van der Waals surface area contributed by atoms with Crippen molar-refractivity contribution in [2.75, 3.05) is 0 Å². The van der Waals surface area contributed by atoms with E-state index in [0.29, 0.717) is 11.8 Å². The monoisotopic (exact) mass is 267 g/mol. The van der Waals surface area contributed by atoms with Crippen LogP contribution in [0, 0.1) is 17.8 Å². The molecule has 0 saturated heterocycles. The summed E-state index contributed by atoms with van der Waals surface area (Å²) in [4.78, 5) is 17.0. The maximum Gasteiger partial charge on any atom is 0.309 e. The van der Waals surface area contributed by atoms with E-state index in [-0.39, 0.29) is 0 Å². The summed E-state index contributed by atoms with van der Waals surface area (Å²) in [6.07, 6.45) is 6.04. The molecule has 0 atom stereocenters. The van der Waals surface area contributed by atoms with Crippen molar-refractivity contribution in [2.24, 2.45) is 10.8 Å². The Balaban J connectivity index is 2.16. The molecule has 0 radical (unpaired) electrons. The first-order chi connectivity index (χ1) is 8.33. The zero-order valence-corrected chi connectivity index (χ0v) is 12.1. The first kappa shape index (κ1) is 13.5. The van der Waals surface area contributed by atoms with E-state index in [1.54, 1.807) is 11.3 Å². The van der Waals surface area contributed by atoms with Crippen molar-refractivity contribution < 1.29 is 9.90 Å². The Bertz CT molecular complexity index is 440. The van der Waals surface area contributed by atoms with Gasteiger partial charge in [-0.15, -0.1) is 11.3 Å². The van der Waals surface area contributed by atoms with Gasteiger partial charge in [-0.1, -0.05) is 13.8 Å². The predicted octanol–water partition coefficient (Wildman–Crippen LogP) is 3.67. The topological polar surface area (TPSA) is 50.2 Å². The standard InChI is InChI=1S/C14H21NO2S/c1-10-15-9-11(18-10)8-14(12(16)17)6-4-13(2,3)5-7-14/h9H,4-8H2,1-3H3,(H,16,17). The molecular weight excluding hydrogens is 246 g/mol. The lowest BCUT2D eigenvalue weighted by atomic mass is 9.63. The molecule has 0 spiro atoms. The largest absolute Gasteiger partial charge is 0.481 e. The van der Waals surface area contributed by atoms with Gasteiger partial charge < -0.3 is 5.11 Å². The normalized spacial score (nSPS) is 21.7. The van der Waals surface area contributed by atoms with E-state index < -0.39 is 11.4 Å². The second-order valence-electron chi connectivity index (χ2n) is 6.27. The lowest BCUT2D eigenvalue weighted by Crippen LogP contribution is -2.39. The summed E-state index contributed by atoms with van der Waals surface area (Å²) in [7, 11) is 0. The highest BCUT2D eigenvalue weighted by molar-refractivity contribution is 7.11. The zero-order valence-electron chi connectivity index (χ0n) is 11.3. The lowest BCUT2D eigenvalue weighted by Gasteiger charge is -2.40. The molecule has 100 valence electrons. The van der Waals surface area contributed by atoms with Crippen LogP contribution in [0.5, 0.6) is 0 Å². The quantitative estimate of drug-likeness (QED) is 0.909. The van der Waals surface area contributed by atoms with Crippen molar-refractivity contribution in [3.05, 3.63) is 16.1 Å². The molecule has 1 N–H and O–H groups in total. The number of aryl methyl sites for hydroxylation is 1. The van der Waals surface area contributed by atoms with Crippen molar-refractivity contribution >= 4 is 17.3 Å². The van der Waals surface area contributed by atoms with Gasteiger partial charge in [0.05, 0.1) is 10.4 Å². The number of carbonyl (C=O) groups is 1. The summed E-state index contributed by atoms with van der Waals surface area (Å²) in [6, 6.07) is 0. The Kier molecular flexibility index (Phi) is 3.49. The average Bonchev–Trinajstić information content (AvgIpc) is 2.67. The summed E-state index contributed by atoms with van der Waals surface area (Å²) in [5.41, 5.74) is -0.267. The maximum absolute atomic E-state index is 11.7. The molecule has 3 nitrogen and oxygen atoms in total. The minimum absolute atomic E-state index is 0.294. The van der Waals surface area contributed by atoms with Crippen molar-refractivity contribution in [1.82, 2.24) is 4.98 Å². The highest BCUT2D eigenvalue weighted by Crippen LogP contribution is 2.47. The molecule has 1 fully saturated rings. The van der Waals surface area contributed by atoms with Crippen LogP contribution < -0.4 is 0 Å². The SMILES string of the molecule is Cc1ncc(CC2(C(=O)O)CCC(C)(C)CC2)s1. The van der Waals surface area contributed by atoms with Crippen molar-refractivity contribution in [2.45, 2.75) is 52.9 Å². The molecule has 0 aliphatic heterocycles. The number of nitrogens with zero attached hydrogens (tertiary/aromatic N) is 1. The van der Waals surface area contributed by atoms with E-state index in [2.05, 4.69) is 18.8 Å². The first-order valence-corrected chi connectivity index (χ1v) is 7.29. The lowest BCUT2D eigenvalue weighted by molar-refractivity contribution is -0.152. The molecule has 1 aliphatic rings. The summed E-state index contributed by atoms with van der Waals surface area (Å²) < 4.78 is 0. The minimum atomic E-state index is -0.635. The third-order valence-corrected chi connectivity index (χ3v) is 5.11. The first-order valence-electron chi connectivity index (χ1n) is 6.48. The van der Waals surface area contributed by atoms with Gasteiger partial charge in [0.25, 0.3) is 0 Å². The number of hydrogen-bond acceptors (Lipinski definition) is 3. The summed E-state index contributed by atoms with van der Waals surface area (Å²) in [6.45, 7) is 6.43. The Labute approximate surface area is 112 Å². The van der Waals surface area contributed by atoms with E-state index in [0.717, 1.165) is 35.6 Å². The van der Waals surface area contributed by atoms with E-state index in [1.807, 2.05) is 13.1 Å². The molecular formula is C14H21NO2S. The Hall–Kier alpha value is -0.900. The van der Waals surface area contributed by atoms with Gasteiger partial charge in [-0.25, -0.2) is 4.98 Å². The van der Waals surface area contributed by atoms with Crippen LogP contribution >= 0.6 is 11.3 Å². The molecule has 0 unspecified atom stereocenters. The number of carboxylic acids is 1. The fraction of sp³-hybridized carbons (Fsp3) is 0.714. The zero-order chi connectivity index (χ0) is 13.4. The van der Waals surface area contributed by atoms with E-state index in [4.69, 9.17) is 0 Å². The van der Waals surface area contributed by atoms with Crippen LogP contribution in [-0.2, 0) is 11.2 Å². The van der Waals surface area contributed by atoms with E-state index in [1.165, 1.54) is 0 Å². The molecule has 2 rings (SSSR count). The molecule has 1 heterocycles. The van der Waals surface area contributed by atoms with Gasteiger partial charge in [0.15, 0.2) is 0 Å². The molecule has 1 aromatic rings. The molecule has 0 aromatic carbocycles. The van der Waals surface area contributed by atoms with Gasteiger partial charge in [0, 0.05) is 11.1 Å².